The highest BCUT2D eigenvalue weighted by Gasteiger charge is 2.39. The van der Waals surface area contributed by atoms with Crippen LogP contribution in [0, 0.1) is 0 Å². The van der Waals surface area contributed by atoms with Crippen molar-refractivity contribution in [2.75, 3.05) is 0 Å². The first-order valence-electron chi connectivity index (χ1n) is 1.80. The molecule has 0 saturated heterocycles. The number of hydrogen-bond donors (Lipinski definition) is 1. The Morgan fingerprint density at radius 3 is 2.00 bits per heavy atom. The summed E-state index contributed by atoms with van der Waals surface area (Å²) in [6.45, 7) is 0. The van der Waals surface area contributed by atoms with Crippen molar-refractivity contribution in [2.45, 2.75) is 12.3 Å². The van der Waals surface area contributed by atoms with Crippen LogP contribution in [-0.4, -0.2) is 23.4 Å². The molecule has 0 radical (unpaired) electrons. The minimum atomic E-state index is -4.53. The lowest BCUT2D eigenvalue weighted by molar-refractivity contribution is -0.347. The van der Waals surface area contributed by atoms with Crippen LogP contribution >= 0.6 is 0 Å². The van der Waals surface area contributed by atoms with Crippen molar-refractivity contribution in [2.24, 2.45) is 0 Å². The Hall–Kier alpha value is -0.780. The van der Waals surface area contributed by atoms with Crippen LogP contribution in [0.5, 0.6) is 0 Å². The van der Waals surface area contributed by atoms with Gasteiger partial charge in [-0.25, -0.2) is 8.78 Å². The van der Waals surface area contributed by atoms with E-state index in [1.54, 1.807) is 0 Å². The molecule has 9 heavy (non-hydrogen) atoms. The maximum atomic E-state index is 11.5. The molecule has 0 rings (SSSR count). The molecule has 0 aliphatic carbocycles. The smallest absolute Gasteiger partial charge is 0.308 e. The predicted octanol–water partition coefficient (Wildman–Crippen LogP) is -1.34. The quantitative estimate of drug-likeness (QED) is 0.520. The molecule has 0 saturated carbocycles. The zero-order valence-electron chi connectivity index (χ0n) is 3.97. The maximum Gasteiger partial charge on any atom is 0.308 e. The van der Waals surface area contributed by atoms with E-state index in [0.29, 0.717) is 0 Å². The lowest BCUT2D eigenvalue weighted by Gasteiger charge is -2.17. The van der Waals surface area contributed by atoms with E-state index in [1.807, 2.05) is 0 Å². The fourth-order valence-electron chi connectivity index (χ4n) is 0.0891. The third-order valence-corrected chi connectivity index (χ3v) is 0.575. The van der Waals surface area contributed by atoms with E-state index < -0.39 is 18.2 Å². The maximum absolute atomic E-state index is 11.5. The van der Waals surface area contributed by atoms with E-state index >= 15 is 0 Å². The molecule has 0 spiro atoms. The highest BCUT2D eigenvalue weighted by molar-refractivity contribution is 5.73. The lowest BCUT2D eigenvalue weighted by Crippen LogP contribution is -2.49. The van der Waals surface area contributed by atoms with Crippen molar-refractivity contribution in [3.8, 4) is 0 Å². The normalized spacial score (nSPS) is 17.4. The van der Waals surface area contributed by atoms with E-state index in [9.17, 15) is 23.1 Å². The van der Waals surface area contributed by atoms with Crippen molar-refractivity contribution in [1.29, 1.82) is 0 Å². The van der Waals surface area contributed by atoms with Crippen LogP contribution in [0.1, 0.15) is 0 Å². The topological polar surface area (TPSA) is 60.4 Å². The summed E-state index contributed by atoms with van der Waals surface area (Å²) in [6, 6.07) is 0. The van der Waals surface area contributed by atoms with Crippen LogP contribution in [0.15, 0.2) is 0 Å². The van der Waals surface area contributed by atoms with Gasteiger partial charge < -0.3 is 15.0 Å². The third-order valence-electron chi connectivity index (χ3n) is 0.575. The number of carbonyl (C=O) groups is 1. The summed E-state index contributed by atoms with van der Waals surface area (Å²) in [6.07, 6.45) is -3.98. The van der Waals surface area contributed by atoms with Gasteiger partial charge in [-0.1, -0.05) is 0 Å². The summed E-state index contributed by atoms with van der Waals surface area (Å²) in [4.78, 5) is 9.25. The van der Waals surface area contributed by atoms with Crippen LogP contribution in [0.4, 0.5) is 13.2 Å². The first kappa shape index (κ1) is 8.22. The molecule has 0 aliphatic heterocycles. The van der Waals surface area contributed by atoms with Crippen molar-refractivity contribution in [3.05, 3.63) is 0 Å². The van der Waals surface area contributed by atoms with Gasteiger partial charge in [0.2, 0.25) is 0 Å². The first-order valence-corrected chi connectivity index (χ1v) is 1.80. The minimum absolute atomic E-state index is 2.84. The largest absolute Gasteiger partial charge is 0.544 e. The second-order valence-corrected chi connectivity index (χ2v) is 1.26. The molecular formula is C3H2F3O3-. The van der Waals surface area contributed by atoms with Gasteiger partial charge in [0.05, 0.1) is 0 Å². The van der Waals surface area contributed by atoms with Crippen LogP contribution in [-0.2, 0) is 4.79 Å². The Morgan fingerprint density at radius 2 is 2.00 bits per heavy atom. The number of aliphatic carboxylic acids is 1. The van der Waals surface area contributed by atoms with Crippen molar-refractivity contribution < 1.29 is 28.2 Å². The molecule has 0 amide bonds. The number of hydrogen-bond acceptors (Lipinski definition) is 3. The second-order valence-electron chi connectivity index (χ2n) is 1.26. The number of carbonyl (C=O) groups excluding carboxylic acids is 1. The summed E-state index contributed by atoms with van der Waals surface area (Å²) in [5.74, 6) is -7.36. The monoisotopic (exact) mass is 143 g/mol. The summed E-state index contributed by atoms with van der Waals surface area (Å²) >= 11 is 0. The van der Waals surface area contributed by atoms with Crippen LogP contribution in [0.3, 0.4) is 0 Å². The number of aliphatic hydroxyl groups is 1. The van der Waals surface area contributed by atoms with Gasteiger partial charge in [0.1, 0.15) is 5.97 Å². The minimum Gasteiger partial charge on any atom is -0.544 e. The average molecular weight is 143 g/mol. The number of carboxylic acid groups (broad SMARTS) is 1. The highest BCUT2D eigenvalue weighted by Crippen LogP contribution is 2.15. The van der Waals surface area contributed by atoms with Gasteiger partial charge in [-0.3, -0.25) is 0 Å². The van der Waals surface area contributed by atoms with Crippen molar-refractivity contribution >= 4 is 5.97 Å². The number of rotatable bonds is 2. The third kappa shape index (κ3) is 1.56. The number of alkyl halides is 3. The van der Waals surface area contributed by atoms with Gasteiger partial charge in [0.25, 0.3) is 0 Å². The summed E-state index contributed by atoms with van der Waals surface area (Å²) in [7, 11) is 0. The first-order chi connectivity index (χ1) is 3.89. The predicted molar refractivity (Wildman–Crippen MR) is 17.1 cm³/mol. The van der Waals surface area contributed by atoms with Gasteiger partial charge in [-0.2, -0.15) is 4.39 Å². The highest BCUT2D eigenvalue weighted by atomic mass is 19.3. The molecule has 0 fully saturated rings. The van der Waals surface area contributed by atoms with Gasteiger partial charge >= 0.3 is 12.3 Å². The molecule has 54 valence electrons. The number of halogens is 3. The zero-order chi connectivity index (χ0) is 7.65. The Morgan fingerprint density at radius 1 is 1.67 bits per heavy atom. The standard InChI is InChI=1S/C3H3F3O3/c4-1(5)3(6,9)2(7)8/h1,9H,(H,7,8)/p-1. The van der Waals surface area contributed by atoms with Crippen LogP contribution < -0.4 is 5.11 Å². The van der Waals surface area contributed by atoms with Gasteiger partial charge in [0.15, 0.2) is 0 Å². The molecule has 1 N–H and O–H groups in total. The van der Waals surface area contributed by atoms with Crippen molar-refractivity contribution in [1.82, 2.24) is 0 Å². The molecule has 3 nitrogen and oxygen atoms in total. The molecule has 0 bridgehead atoms. The van der Waals surface area contributed by atoms with E-state index in [4.69, 9.17) is 5.11 Å². The van der Waals surface area contributed by atoms with Crippen LogP contribution in [0.25, 0.3) is 0 Å². The zero-order valence-corrected chi connectivity index (χ0v) is 3.97. The Kier molecular flexibility index (Phi) is 2.03. The Labute approximate surface area is 47.7 Å². The molecule has 0 aromatic carbocycles. The average Bonchev–Trinajstić information content (AvgIpc) is 1.65. The fourth-order valence-corrected chi connectivity index (χ4v) is 0.0891. The molecule has 0 aromatic rings. The Bertz CT molecular complexity index is 121. The fraction of sp³-hybridized carbons (Fsp3) is 0.667. The summed E-state index contributed by atoms with van der Waals surface area (Å²) < 4.78 is 33.5. The van der Waals surface area contributed by atoms with E-state index in [0.717, 1.165) is 0 Å². The van der Waals surface area contributed by atoms with E-state index in [2.05, 4.69) is 0 Å². The molecule has 1 unspecified atom stereocenters. The van der Waals surface area contributed by atoms with Crippen molar-refractivity contribution in [3.63, 3.8) is 0 Å². The molecule has 0 heterocycles. The Balaban J connectivity index is 4.19. The molecule has 1 atom stereocenters. The SMILES string of the molecule is O=C([O-])C(O)(F)C(F)F. The van der Waals surface area contributed by atoms with Gasteiger partial charge in [0, 0.05) is 0 Å². The molecule has 6 heteroatoms. The van der Waals surface area contributed by atoms with Crippen LogP contribution in [0.2, 0.25) is 0 Å². The lowest BCUT2D eigenvalue weighted by atomic mass is 10.3. The molecular weight excluding hydrogens is 141 g/mol. The van der Waals surface area contributed by atoms with Gasteiger partial charge in [-0.05, 0) is 0 Å². The molecule has 0 aliphatic rings. The summed E-state index contributed by atoms with van der Waals surface area (Å²) in [5.41, 5.74) is 0. The summed E-state index contributed by atoms with van der Waals surface area (Å²) in [5, 5.41) is 16.8. The van der Waals surface area contributed by atoms with Gasteiger partial charge in [-0.15, -0.1) is 0 Å². The number of carboxylic acids is 1. The van der Waals surface area contributed by atoms with E-state index in [1.165, 1.54) is 0 Å². The van der Waals surface area contributed by atoms with E-state index in [-0.39, 0.29) is 0 Å². The molecule has 0 aromatic heterocycles. The second kappa shape index (κ2) is 2.22.